The van der Waals surface area contributed by atoms with Crippen LogP contribution >= 0.6 is 23.2 Å². The molecule has 0 fully saturated rings. The van der Waals surface area contributed by atoms with E-state index < -0.39 is 15.9 Å². The van der Waals surface area contributed by atoms with Crippen molar-refractivity contribution in [1.82, 2.24) is 0 Å². The van der Waals surface area contributed by atoms with Gasteiger partial charge in [-0.2, -0.15) is 0 Å². The molecule has 0 spiro atoms. The number of benzene rings is 2. The lowest BCUT2D eigenvalue weighted by Gasteiger charge is -2.12. The van der Waals surface area contributed by atoms with Crippen molar-refractivity contribution in [3.8, 4) is 5.75 Å². The number of anilines is 2. The lowest BCUT2D eigenvalue weighted by atomic mass is 10.3. The number of phenolic OH excluding ortho intramolecular Hbond substituents is 1. The van der Waals surface area contributed by atoms with E-state index in [2.05, 4.69) is 10.6 Å². The second-order valence-corrected chi connectivity index (χ2v) is 7.83. The Balaban J connectivity index is 2.23. The fourth-order valence-corrected chi connectivity index (χ4v) is 3.11. The summed E-state index contributed by atoms with van der Waals surface area (Å²) in [7, 11) is -3.47. The standard InChI is InChI=1S/C15H14Cl2N2O4S/c1-2-24(22,23)9-6-7-13(20)12(8-9)19-15(21)18-11-5-3-4-10(16)14(11)17/h3-8,20H,2H2,1H3,(H2,18,19,21). The summed E-state index contributed by atoms with van der Waals surface area (Å²) in [6.07, 6.45) is 0. The van der Waals surface area contributed by atoms with Crippen molar-refractivity contribution >= 4 is 50.4 Å². The monoisotopic (exact) mass is 388 g/mol. The van der Waals surface area contributed by atoms with E-state index in [9.17, 15) is 18.3 Å². The first-order valence-electron chi connectivity index (χ1n) is 6.82. The Morgan fingerprint density at radius 3 is 2.46 bits per heavy atom. The third-order valence-corrected chi connectivity index (χ3v) is 5.71. The van der Waals surface area contributed by atoms with Crippen LogP contribution in [0.3, 0.4) is 0 Å². The Labute approximate surface area is 149 Å². The van der Waals surface area contributed by atoms with Gasteiger partial charge in [-0.15, -0.1) is 0 Å². The number of carbonyl (C=O) groups is 1. The number of amides is 2. The van der Waals surface area contributed by atoms with Gasteiger partial charge in [0.1, 0.15) is 5.75 Å². The minimum atomic E-state index is -3.47. The number of hydrogen-bond acceptors (Lipinski definition) is 4. The number of nitrogens with one attached hydrogen (secondary N) is 2. The second-order valence-electron chi connectivity index (χ2n) is 4.76. The molecule has 6 nitrogen and oxygen atoms in total. The molecule has 0 atom stereocenters. The topological polar surface area (TPSA) is 95.5 Å². The van der Waals surface area contributed by atoms with Crippen LogP contribution in [-0.4, -0.2) is 25.3 Å². The lowest BCUT2D eigenvalue weighted by Crippen LogP contribution is -2.20. The minimum absolute atomic E-state index is 0.00103. The van der Waals surface area contributed by atoms with Crippen LogP contribution in [0.5, 0.6) is 5.75 Å². The average Bonchev–Trinajstić information content (AvgIpc) is 2.53. The second kappa shape index (κ2) is 7.29. The fraction of sp³-hybridized carbons (Fsp3) is 0.133. The van der Waals surface area contributed by atoms with E-state index in [0.717, 1.165) is 0 Å². The van der Waals surface area contributed by atoms with Crippen molar-refractivity contribution in [2.45, 2.75) is 11.8 Å². The highest BCUT2D eigenvalue weighted by molar-refractivity contribution is 7.91. The summed E-state index contributed by atoms with van der Waals surface area (Å²) in [6.45, 7) is 1.50. The van der Waals surface area contributed by atoms with Gasteiger partial charge in [0, 0.05) is 0 Å². The number of aromatic hydroxyl groups is 1. The largest absolute Gasteiger partial charge is 0.506 e. The van der Waals surface area contributed by atoms with Gasteiger partial charge in [0.2, 0.25) is 0 Å². The van der Waals surface area contributed by atoms with Crippen molar-refractivity contribution in [2.75, 3.05) is 16.4 Å². The molecule has 2 aromatic carbocycles. The van der Waals surface area contributed by atoms with Gasteiger partial charge in [-0.3, -0.25) is 0 Å². The summed E-state index contributed by atoms with van der Waals surface area (Å²) in [5.41, 5.74) is 0.235. The zero-order valence-corrected chi connectivity index (χ0v) is 14.8. The predicted molar refractivity (Wildman–Crippen MR) is 94.9 cm³/mol. The molecule has 24 heavy (non-hydrogen) atoms. The van der Waals surface area contributed by atoms with Gasteiger partial charge in [-0.25, -0.2) is 13.2 Å². The van der Waals surface area contributed by atoms with Gasteiger partial charge in [-0.1, -0.05) is 36.2 Å². The van der Waals surface area contributed by atoms with E-state index >= 15 is 0 Å². The normalized spacial score (nSPS) is 11.1. The SMILES string of the molecule is CCS(=O)(=O)c1ccc(O)c(NC(=O)Nc2cccc(Cl)c2Cl)c1. The zero-order valence-electron chi connectivity index (χ0n) is 12.5. The van der Waals surface area contributed by atoms with Crippen LogP contribution in [0.2, 0.25) is 10.0 Å². The first-order chi connectivity index (χ1) is 11.2. The van der Waals surface area contributed by atoms with E-state index in [0.29, 0.717) is 0 Å². The number of urea groups is 1. The molecular weight excluding hydrogens is 375 g/mol. The molecule has 0 saturated heterocycles. The first kappa shape index (κ1) is 18.4. The Kier molecular flexibility index (Phi) is 5.58. The molecule has 0 radical (unpaired) electrons. The summed E-state index contributed by atoms with van der Waals surface area (Å²) in [5, 5.41) is 15.1. The number of phenols is 1. The Hall–Kier alpha value is -1.96. The molecule has 0 saturated carbocycles. The van der Waals surface area contributed by atoms with E-state index in [1.807, 2.05) is 0 Å². The summed E-state index contributed by atoms with van der Waals surface area (Å²) in [5.74, 6) is -0.362. The van der Waals surface area contributed by atoms with Crippen LogP contribution in [0.1, 0.15) is 6.92 Å². The van der Waals surface area contributed by atoms with Gasteiger partial charge in [0.25, 0.3) is 0 Å². The highest BCUT2D eigenvalue weighted by Crippen LogP contribution is 2.30. The van der Waals surface area contributed by atoms with Crippen LogP contribution in [0.15, 0.2) is 41.3 Å². The van der Waals surface area contributed by atoms with Crippen molar-refractivity contribution in [1.29, 1.82) is 0 Å². The molecule has 0 aliphatic heterocycles. The molecule has 0 unspecified atom stereocenters. The van der Waals surface area contributed by atoms with Crippen LogP contribution in [0.4, 0.5) is 16.2 Å². The molecular formula is C15H14Cl2N2O4S. The Morgan fingerprint density at radius 1 is 1.12 bits per heavy atom. The molecule has 2 amide bonds. The summed E-state index contributed by atoms with van der Waals surface area (Å²) >= 11 is 11.8. The van der Waals surface area contributed by atoms with Crippen molar-refractivity contribution in [2.24, 2.45) is 0 Å². The highest BCUT2D eigenvalue weighted by atomic mass is 35.5. The van der Waals surface area contributed by atoms with Gasteiger partial charge in [0.05, 0.1) is 32.1 Å². The van der Waals surface area contributed by atoms with Crippen LogP contribution in [0, 0.1) is 0 Å². The minimum Gasteiger partial charge on any atom is -0.506 e. The molecule has 128 valence electrons. The maximum absolute atomic E-state index is 12.0. The molecule has 9 heteroatoms. The first-order valence-corrected chi connectivity index (χ1v) is 9.23. The number of rotatable bonds is 4. The number of carbonyl (C=O) groups excluding carboxylic acids is 1. The number of hydrogen-bond donors (Lipinski definition) is 3. The molecule has 0 aliphatic carbocycles. The third-order valence-electron chi connectivity index (χ3n) is 3.16. The molecule has 0 aliphatic rings. The van der Waals surface area contributed by atoms with Crippen LogP contribution in [-0.2, 0) is 9.84 Å². The van der Waals surface area contributed by atoms with Gasteiger partial charge < -0.3 is 15.7 Å². The molecule has 0 aromatic heterocycles. The molecule has 2 rings (SSSR count). The lowest BCUT2D eigenvalue weighted by molar-refractivity contribution is 0.262. The quantitative estimate of drug-likeness (QED) is 0.685. The van der Waals surface area contributed by atoms with Crippen LogP contribution in [0.25, 0.3) is 0 Å². The maximum Gasteiger partial charge on any atom is 0.323 e. The predicted octanol–water partition coefficient (Wildman–Crippen LogP) is 4.14. The molecule has 3 N–H and O–H groups in total. The van der Waals surface area contributed by atoms with Crippen molar-refractivity contribution in [3.63, 3.8) is 0 Å². The smallest absolute Gasteiger partial charge is 0.323 e. The third kappa shape index (κ3) is 4.11. The van der Waals surface area contributed by atoms with E-state index in [1.54, 1.807) is 18.2 Å². The fourth-order valence-electron chi connectivity index (χ4n) is 1.85. The summed E-state index contributed by atoms with van der Waals surface area (Å²) < 4.78 is 23.8. The zero-order chi connectivity index (χ0) is 17.9. The molecule has 0 bridgehead atoms. The van der Waals surface area contributed by atoms with Crippen molar-refractivity contribution < 1.29 is 18.3 Å². The van der Waals surface area contributed by atoms with Gasteiger partial charge in [-0.05, 0) is 30.3 Å². The number of halogens is 2. The van der Waals surface area contributed by atoms with Crippen molar-refractivity contribution in [3.05, 3.63) is 46.4 Å². The van der Waals surface area contributed by atoms with Gasteiger partial charge in [0.15, 0.2) is 9.84 Å². The van der Waals surface area contributed by atoms with E-state index in [-0.39, 0.29) is 37.8 Å². The Morgan fingerprint density at radius 2 is 1.79 bits per heavy atom. The van der Waals surface area contributed by atoms with E-state index in [4.69, 9.17) is 23.2 Å². The highest BCUT2D eigenvalue weighted by Gasteiger charge is 2.16. The summed E-state index contributed by atoms with van der Waals surface area (Å²) in [6, 6.07) is 7.67. The average molecular weight is 389 g/mol. The molecule has 0 heterocycles. The Bertz CT molecular complexity index is 885. The maximum atomic E-state index is 12.0. The van der Waals surface area contributed by atoms with Crippen LogP contribution < -0.4 is 10.6 Å². The molecule has 2 aromatic rings. The van der Waals surface area contributed by atoms with Gasteiger partial charge >= 0.3 is 6.03 Å². The van der Waals surface area contributed by atoms with E-state index in [1.165, 1.54) is 25.1 Å². The number of sulfone groups is 1. The summed E-state index contributed by atoms with van der Waals surface area (Å²) in [4.78, 5) is 12.0.